The van der Waals surface area contributed by atoms with E-state index >= 15 is 0 Å². The van der Waals surface area contributed by atoms with Crippen LogP contribution in [0.2, 0.25) is 0 Å². The molecule has 7 nitrogen and oxygen atoms in total. The fourth-order valence-electron chi connectivity index (χ4n) is 3.37. The molecule has 1 unspecified atom stereocenters. The van der Waals surface area contributed by atoms with Gasteiger partial charge in [0.15, 0.2) is 5.82 Å². The zero-order valence-corrected chi connectivity index (χ0v) is 16.2. The number of likely N-dealkylation sites (tertiary alicyclic amines) is 1. The van der Waals surface area contributed by atoms with Gasteiger partial charge in [-0.3, -0.25) is 9.59 Å². The highest BCUT2D eigenvalue weighted by molar-refractivity contribution is 5.83. The Hall–Kier alpha value is -2.77. The molecule has 0 N–H and O–H groups in total. The monoisotopic (exact) mass is 388 g/mol. The molecule has 2 aromatic rings. The number of amides is 2. The Labute approximate surface area is 163 Å². The maximum atomic E-state index is 13.9. The molecule has 1 aliphatic rings. The molecule has 0 radical (unpaired) electrons. The Bertz CT molecular complexity index is 838. The predicted molar refractivity (Wildman–Crippen MR) is 99.3 cm³/mol. The van der Waals surface area contributed by atoms with Crippen molar-refractivity contribution in [2.45, 2.75) is 46.2 Å². The van der Waals surface area contributed by atoms with E-state index in [9.17, 15) is 14.0 Å². The van der Waals surface area contributed by atoms with E-state index in [1.165, 1.54) is 6.07 Å². The lowest BCUT2D eigenvalue weighted by Crippen LogP contribution is -2.46. The van der Waals surface area contributed by atoms with E-state index in [2.05, 4.69) is 10.1 Å². The number of aryl methyl sites for hydroxylation is 1. The molecule has 0 aliphatic carbocycles. The van der Waals surface area contributed by atoms with Gasteiger partial charge < -0.3 is 14.3 Å². The van der Waals surface area contributed by atoms with E-state index in [0.717, 1.165) is 0 Å². The summed E-state index contributed by atoms with van der Waals surface area (Å²) in [5.74, 6) is 0.240. The van der Waals surface area contributed by atoms with Crippen LogP contribution in [-0.4, -0.2) is 44.8 Å². The molecule has 1 fully saturated rings. The van der Waals surface area contributed by atoms with E-state index < -0.39 is 0 Å². The predicted octanol–water partition coefficient (Wildman–Crippen LogP) is 2.56. The summed E-state index contributed by atoms with van der Waals surface area (Å²) in [5, 5.41) is 3.86. The van der Waals surface area contributed by atoms with Crippen LogP contribution in [-0.2, 0) is 29.1 Å². The highest BCUT2D eigenvalue weighted by atomic mass is 19.1. The largest absolute Gasteiger partial charge is 0.337 e. The lowest BCUT2D eigenvalue weighted by molar-refractivity contribution is -0.144. The number of hydrogen-bond acceptors (Lipinski definition) is 5. The molecule has 2 amide bonds. The minimum Gasteiger partial charge on any atom is -0.337 e. The average Bonchev–Trinajstić information content (AvgIpc) is 3.16. The molecule has 8 heteroatoms. The molecule has 0 bridgehead atoms. The van der Waals surface area contributed by atoms with Crippen molar-refractivity contribution < 1.29 is 18.5 Å². The zero-order chi connectivity index (χ0) is 20.1. The summed E-state index contributed by atoms with van der Waals surface area (Å²) < 4.78 is 19.1. The number of piperidine rings is 1. The molecule has 1 atom stereocenters. The summed E-state index contributed by atoms with van der Waals surface area (Å²) in [6, 6.07) is 6.39. The van der Waals surface area contributed by atoms with Crippen LogP contribution < -0.4 is 0 Å². The van der Waals surface area contributed by atoms with Crippen LogP contribution in [0.25, 0.3) is 0 Å². The highest BCUT2D eigenvalue weighted by Crippen LogP contribution is 2.23. The first kappa shape index (κ1) is 20.0. The number of benzene rings is 1. The lowest BCUT2D eigenvalue weighted by atomic mass is 9.95. The highest BCUT2D eigenvalue weighted by Gasteiger charge is 2.33. The van der Waals surface area contributed by atoms with Gasteiger partial charge in [0.05, 0.1) is 12.5 Å². The van der Waals surface area contributed by atoms with Crippen LogP contribution in [0.15, 0.2) is 28.8 Å². The minimum absolute atomic E-state index is 0.0511. The molecular weight excluding hydrogens is 363 g/mol. The van der Waals surface area contributed by atoms with Gasteiger partial charge in [-0.15, -0.1) is 0 Å². The van der Waals surface area contributed by atoms with Crippen molar-refractivity contribution in [1.82, 2.24) is 19.9 Å². The van der Waals surface area contributed by atoms with Crippen molar-refractivity contribution in [1.29, 1.82) is 0 Å². The van der Waals surface area contributed by atoms with Crippen molar-refractivity contribution >= 4 is 11.8 Å². The fraction of sp³-hybridized carbons (Fsp3) is 0.500. The summed E-state index contributed by atoms with van der Waals surface area (Å²) in [6.07, 6.45) is 1.44. The summed E-state index contributed by atoms with van der Waals surface area (Å²) in [7, 11) is 0. The SMILES string of the molecule is CCc1noc(CN(CC)C(=O)C2CCC(=O)N(Cc3ccccc3F)C2)n1. The first-order valence-corrected chi connectivity index (χ1v) is 9.63. The third-order valence-electron chi connectivity index (χ3n) is 5.01. The second-order valence-corrected chi connectivity index (χ2v) is 6.91. The number of hydrogen-bond donors (Lipinski definition) is 0. The summed E-state index contributed by atoms with van der Waals surface area (Å²) >= 11 is 0. The van der Waals surface area contributed by atoms with Gasteiger partial charge in [0.1, 0.15) is 5.82 Å². The van der Waals surface area contributed by atoms with Gasteiger partial charge in [-0.05, 0) is 19.4 Å². The summed E-state index contributed by atoms with van der Waals surface area (Å²) in [5.41, 5.74) is 0.453. The molecule has 1 aromatic heterocycles. The Kier molecular flexibility index (Phi) is 6.38. The van der Waals surface area contributed by atoms with Crippen LogP contribution in [0.3, 0.4) is 0 Å². The van der Waals surface area contributed by atoms with E-state index in [1.54, 1.807) is 28.0 Å². The maximum absolute atomic E-state index is 13.9. The molecular formula is C20H25FN4O3. The Morgan fingerprint density at radius 1 is 1.36 bits per heavy atom. The molecule has 0 spiro atoms. The van der Waals surface area contributed by atoms with E-state index in [1.807, 2.05) is 13.8 Å². The third kappa shape index (κ3) is 4.55. The molecule has 3 rings (SSSR count). The van der Waals surface area contributed by atoms with Gasteiger partial charge in [-0.25, -0.2) is 4.39 Å². The topological polar surface area (TPSA) is 79.5 Å². The van der Waals surface area contributed by atoms with Crippen LogP contribution in [0.5, 0.6) is 0 Å². The van der Waals surface area contributed by atoms with E-state index in [0.29, 0.717) is 36.7 Å². The summed E-state index contributed by atoms with van der Waals surface area (Å²) in [4.78, 5) is 32.8. The maximum Gasteiger partial charge on any atom is 0.246 e. The molecule has 2 heterocycles. The number of carbonyl (C=O) groups is 2. The lowest BCUT2D eigenvalue weighted by Gasteiger charge is -2.34. The van der Waals surface area contributed by atoms with Gasteiger partial charge in [0, 0.05) is 38.0 Å². The van der Waals surface area contributed by atoms with E-state index in [-0.39, 0.29) is 49.6 Å². The standard InChI is InChI=1S/C20H25FN4O3/c1-3-17-22-18(28-23-17)13-24(4-2)20(27)15-9-10-19(26)25(12-15)11-14-7-5-6-8-16(14)21/h5-8,15H,3-4,9-13H2,1-2H3. The van der Waals surface area contributed by atoms with Crippen molar-refractivity contribution in [3.63, 3.8) is 0 Å². The average molecular weight is 388 g/mol. The van der Waals surface area contributed by atoms with Crippen LogP contribution in [0.1, 0.15) is 44.0 Å². The normalized spacial score (nSPS) is 17.0. The first-order chi connectivity index (χ1) is 13.5. The summed E-state index contributed by atoms with van der Waals surface area (Å²) in [6.45, 7) is 5.03. The van der Waals surface area contributed by atoms with Crippen molar-refractivity contribution in [2.75, 3.05) is 13.1 Å². The number of rotatable bonds is 7. The van der Waals surface area contributed by atoms with Crippen LogP contribution in [0, 0.1) is 11.7 Å². The van der Waals surface area contributed by atoms with Crippen LogP contribution >= 0.6 is 0 Å². The Morgan fingerprint density at radius 2 is 2.14 bits per heavy atom. The quantitative estimate of drug-likeness (QED) is 0.728. The van der Waals surface area contributed by atoms with E-state index in [4.69, 9.17) is 4.52 Å². The molecule has 1 aliphatic heterocycles. The number of aromatic nitrogens is 2. The van der Waals surface area contributed by atoms with Crippen molar-refractivity contribution in [2.24, 2.45) is 5.92 Å². The molecule has 28 heavy (non-hydrogen) atoms. The second kappa shape index (κ2) is 8.95. The smallest absolute Gasteiger partial charge is 0.246 e. The first-order valence-electron chi connectivity index (χ1n) is 9.63. The third-order valence-corrected chi connectivity index (χ3v) is 5.01. The van der Waals surface area contributed by atoms with Gasteiger partial charge in [-0.2, -0.15) is 4.98 Å². The molecule has 1 aromatic carbocycles. The Morgan fingerprint density at radius 3 is 2.82 bits per heavy atom. The van der Waals surface area contributed by atoms with Gasteiger partial charge in [0.25, 0.3) is 0 Å². The van der Waals surface area contributed by atoms with Gasteiger partial charge in [-0.1, -0.05) is 30.3 Å². The fourth-order valence-corrected chi connectivity index (χ4v) is 3.37. The zero-order valence-electron chi connectivity index (χ0n) is 16.2. The van der Waals surface area contributed by atoms with Gasteiger partial charge in [0.2, 0.25) is 17.7 Å². The molecule has 1 saturated heterocycles. The molecule has 0 saturated carbocycles. The van der Waals surface area contributed by atoms with Gasteiger partial charge >= 0.3 is 0 Å². The minimum atomic E-state index is -0.345. The van der Waals surface area contributed by atoms with Crippen LogP contribution in [0.4, 0.5) is 4.39 Å². The number of nitrogens with zero attached hydrogens (tertiary/aromatic N) is 4. The van der Waals surface area contributed by atoms with Crippen molar-refractivity contribution in [3.05, 3.63) is 47.4 Å². The van der Waals surface area contributed by atoms with Crippen molar-refractivity contribution in [3.8, 4) is 0 Å². The second-order valence-electron chi connectivity index (χ2n) is 6.91. The number of carbonyl (C=O) groups excluding carboxylic acids is 2. The number of halogens is 1. The molecule has 150 valence electrons. The Balaban J connectivity index is 1.66.